The van der Waals surface area contributed by atoms with E-state index in [2.05, 4.69) is 29.1 Å². The number of carbonyl (C=O) groups is 1. The maximum absolute atomic E-state index is 12.0. The third-order valence-electron chi connectivity index (χ3n) is 6.61. The van der Waals surface area contributed by atoms with Crippen molar-refractivity contribution in [3.8, 4) is 0 Å². The minimum atomic E-state index is -0.503. The van der Waals surface area contributed by atoms with E-state index in [9.17, 15) is 4.79 Å². The minimum Gasteiger partial charge on any atom is -0.368 e. The molecule has 9 nitrogen and oxygen atoms in total. The van der Waals surface area contributed by atoms with Crippen molar-refractivity contribution in [3.63, 3.8) is 0 Å². The van der Waals surface area contributed by atoms with E-state index in [0.29, 0.717) is 18.2 Å². The number of amides is 1. The zero-order valence-corrected chi connectivity index (χ0v) is 21.9. The number of likely N-dealkylation sites (N-methyl/N-ethyl adjacent to an activating group) is 2. The summed E-state index contributed by atoms with van der Waals surface area (Å²) in [6, 6.07) is 7.33. The number of nitrogens with zero attached hydrogens (tertiary/aromatic N) is 4. The number of nitrogens with two attached hydrogens (primary N) is 1. The van der Waals surface area contributed by atoms with Gasteiger partial charge in [0.1, 0.15) is 17.7 Å². The van der Waals surface area contributed by atoms with Gasteiger partial charge in [0.15, 0.2) is 6.29 Å². The Balaban J connectivity index is 1.64. The van der Waals surface area contributed by atoms with Crippen molar-refractivity contribution in [2.24, 2.45) is 11.7 Å². The number of methoxy groups -OCH3 is 1. The van der Waals surface area contributed by atoms with Crippen molar-refractivity contribution in [3.05, 3.63) is 30.1 Å². The van der Waals surface area contributed by atoms with Gasteiger partial charge < -0.3 is 20.5 Å². The van der Waals surface area contributed by atoms with Crippen molar-refractivity contribution in [2.75, 3.05) is 45.7 Å². The number of aromatic nitrogens is 2. The first-order valence-corrected chi connectivity index (χ1v) is 12.7. The second-order valence-electron chi connectivity index (χ2n) is 9.76. The highest BCUT2D eigenvalue weighted by molar-refractivity contribution is 5.91. The molecule has 1 aromatic carbocycles. The Morgan fingerprint density at radius 1 is 1.26 bits per heavy atom. The standard InChI is InChI=1S/C26H42N6O3/c1-6-32(16-19-10-9-13-23(34-5)35-19)15-14-31(4)17-22-28-21-12-8-7-11-20(21)26(29-22)30-24(18(2)3)25(27)33/h7-8,11-12,18-19,23-24H,6,9-10,13-17H2,1-5H3,(H2,27,33)(H,28,29,30)/t19?,23?,24-/m0/s1. The molecule has 1 saturated heterocycles. The molecular weight excluding hydrogens is 444 g/mol. The molecule has 1 amide bonds. The van der Waals surface area contributed by atoms with Crippen molar-refractivity contribution in [1.29, 1.82) is 0 Å². The second kappa shape index (κ2) is 13.1. The molecule has 2 unspecified atom stereocenters. The molecule has 0 bridgehead atoms. The summed E-state index contributed by atoms with van der Waals surface area (Å²) < 4.78 is 11.4. The first kappa shape index (κ1) is 27.3. The predicted octanol–water partition coefficient (Wildman–Crippen LogP) is 2.85. The Labute approximate surface area is 209 Å². The third-order valence-corrected chi connectivity index (χ3v) is 6.61. The van der Waals surface area contributed by atoms with Crippen LogP contribution in [-0.2, 0) is 20.8 Å². The first-order chi connectivity index (χ1) is 16.8. The van der Waals surface area contributed by atoms with Gasteiger partial charge in [-0.05, 0) is 50.9 Å². The summed E-state index contributed by atoms with van der Waals surface area (Å²) in [6.45, 7) is 10.4. The SMILES string of the molecule is CCN(CCN(C)Cc1nc(N[C@H](C(N)=O)C(C)C)c2ccccc2n1)CC1CCCC(OC)O1. The van der Waals surface area contributed by atoms with E-state index in [1.807, 2.05) is 38.1 Å². The highest BCUT2D eigenvalue weighted by Gasteiger charge is 2.24. The number of hydrogen-bond donors (Lipinski definition) is 2. The number of anilines is 1. The molecule has 0 saturated carbocycles. The van der Waals surface area contributed by atoms with Crippen LogP contribution in [0.3, 0.4) is 0 Å². The van der Waals surface area contributed by atoms with Crippen LogP contribution in [-0.4, -0.2) is 84.4 Å². The van der Waals surface area contributed by atoms with E-state index in [0.717, 1.165) is 56.3 Å². The average molecular weight is 487 g/mol. The quantitative estimate of drug-likeness (QED) is 0.445. The molecule has 1 aliphatic rings. The highest BCUT2D eigenvalue weighted by Crippen LogP contribution is 2.23. The summed E-state index contributed by atoms with van der Waals surface area (Å²) in [6.07, 6.45) is 3.34. The van der Waals surface area contributed by atoms with Crippen LogP contribution in [0.5, 0.6) is 0 Å². The molecule has 0 spiro atoms. The van der Waals surface area contributed by atoms with Gasteiger partial charge in [0.2, 0.25) is 5.91 Å². The van der Waals surface area contributed by atoms with Gasteiger partial charge in [0, 0.05) is 32.1 Å². The van der Waals surface area contributed by atoms with Crippen LogP contribution in [0.2, 0.25) is 0 Å². The molecular formula is C26H42N6O3. The van der Waals surface area contributed by atoms with E-state index in [4.69, 9.17) is 25.2 Å². The van der Waals surface area contributed by atoms with Crippen LogP contribution in [0.1, 0.15) is 45.9 Å². The number of primary amides is 1. The number of nitrogens with one attached hydrogen (secondary N) is 1. The highest BCUT2D eigenvalue weighted by atomic mass is 16.7. The number of benzene rings is 1. The summed E-state index contributed by atoms with van der Waals surface area (Å²) in [7, 11) is 3.80. The van der Waals surface area contributed by atoms with Crippen LogP contribution >= 0.6 is 0 Å². The smallest absolute Gasteiger partial charge is 0.240 e. The maximum atomic E-state index is 12.0. The molecule has 35 heavy (non-hydrogen) atoms. The fourth-order valence-electron chi connectivity index (χ4n) is 4.49. The molecule has 1 aromatic heterocycles. The lowest BCUT2D eigenvalue weighted by Crippen LogP contribution is -2.41. The van der Waals surface area contributed by atoms with Crippen molar-refractivity contribution < 1.29 is 14.3 Å². The lowest BCUT2D eigenvalue weighted by Gasteiger charge is -2.33. The molecule has 3 atom stereocenters. The topological polar surface area (TPSA) is 106 Å². The van der Waals surface area contributed by atoms with Gasteiger partial charge in [0.05, 0.1) is 18.2 Å². The summed E-state index contributed by atoms with van der Waals surface area (Å²) in [4.78, 5) is 26.2. The normalized spacial score (nSPS) is 19.5. The Hall–Kier alpha value is -2.33. The van der Waals surface area contributed by atoms with Crippen molar-refractivity contribution in [2.45, 2.75) is 65.0 Å². The van der Waals surface area contributed by atoms with Crippen LogP contribution in [0.4, 0.5) is 5.82 Å². The molecule has 3 rings (SSSR count). The number of para-hydroxylation sites is 1. The zero-order chi connectivity index (χ0) is 25.4. The van der Waals surface area contributed by atoms with Crippen LogP contribution in [0.15, 0.2) is 24.3 Å². The minimum absolute atomic E-state index is 0.0414. The summed E-state index contributed by atoms with van der Waals surface area (Å²) >= 11 is 0. The molecule has 2 aromatic rings. The summed E-state index contributed by atoms with van der Waals surface area (Å²) in [5.74, 6) is 1.01. The number of rotatable bonds is 13. The van der Waals surface area contributed by atoms with Gasteiger partial charge in [-0.2, -0.15) is 0 Å². The third kappa shape index (κ3) is 7.83. The zero-order valence-electron chi connectivity index (χ0n) is 21.9. The Bertz CT molecular complexity index is 956. The van der Waals surface area contributed by atoms with Gasteiger partial charge in [-0.15, -0.1) is 0 Å². The number of carbonyl (C=O) groups excluding carboxylic acids is 1. The predicted molar refractivity (Wildman–Crippen MR) is 139 cm³/mol. The largest absolute Gasteiger partial charge is 0.368 e. The van der Waals surface area contributed by atoms with Gasteiger partial charge in [-0.3, -0.25) is 14.6 Å². The lowest BCUT2D eigenvalue weighted by molar-refractivity contribution is -0.183. The molecule has 2 heterocycles. The summed E-state index contributed by atoms with van der Waals surface area (Å²) in [5, 5.41) is 4.15. The van der Waals surface area contributed by atoms with Gasteiger partial charge in [0.25, 0.3) is 0 Å². The molecule has 1 fully saturated rings. The van der Waals surface area contributed by atoms with Crippen LogP contribution in [0, 0.1) is 5.92 Å². The monoisotopic (exact) mass is 486 g/mol. The van der Waals surface area contributed by atoms with E-state index < -0.39 is 6.04 Å². The Morgan fingerprint density at radius 3 is 2.71 bits per heavy atom. The van der Waals surface area contributed by atoms with Gasteiger partial charge in [-0.25, -0.2) is 9.97 Å². The van der Waals surface area contributed by atoms with Crippen LogP contribution in [0.25, 0.3) is 10.9 Å². The van der Waals surface area contributed by atoms with Crippen molar-refractivity contribution >= 4 is 22.6 Å². The molecule has 194 valence electrons. The Kier molecular flexibility index (Phi) is 10.2. The maximum Gasteiger partial charge on any atom is 0.240 e. The molecule has 9 heteroatoms. The average Bonchev–Trinajstić information content (AvgIpc) is 2.84. The van der Waals surface area contributed by atoms with E-state index >= 15 is 0 Å². The fourth-order valence-corrected chi connectivity index (χ4v) is 4.49. The molecule has 3 N–H and O–H groups in total. The van der Waals surface area contributed by atoms with Gasteiger partial charge >= 0.3 is 0 Å². The number of ether oxygens (including phenoxy) is 2. The lowest BCUT2D eigenvalue weighted by atomic mass is 10.0. The summed E-state index contributed by atoms with van der Waals surface area (Å²) in [5.41, 5.74) is 6.48. The van der Waals surface area contributed by atoms with E-state index in [1.165, 1.54) is 0 Å². The number of fused-ring (bicyclic) bond motifs is 1. The van der Waals surface area contributed by atoms with Gasteiger partial charge in [-0.1, -0.05) is 32.9 Å². The Morgan fingerprint density at radius 2 is 2.03 bits per heavy atom. The van der Waals surface area contributed by atoms with Crippen molar-refractivity contribution in [1.82, 2.24) is 19.8 Å². The van der Waals surface area contributed by atoms with Crippen LogP contribution < -0.4 is 11.1 Å². The molecule has 0 aliphatic carbocycles. The van der Waals surface area contributed by atoms with E-state index in [-0.39, 0.29) is 24.2 Å². The molecule has 1 aliphatic heterocycles. The second-order valence-corrected chi connectivity index (χ2v) is 9.76. The molecule has 0 radical (unpaired) electrons. The number of hydrogen-bond acceptors (Lipinski definition) is 8. The first-order valence-electron chi connectivity index (χ1n) is 12.7. The fraction of sp³-hybridized carbons (Fsp3) is 0.654. The van der Waals surface area contributed by atoms with E-state index in [1.54, 1.807) is 7.11 Å².